The molecule has 2 saturated carbocycles. The summed E-state index contributed by atoms with van der Waals surface area (Å²) in [5, 5.41) is 9.98. The monoisotopic (exact) mass is 597 g/mol. The first kappa shape index (κ1) is 38.6. The van der Waals surface area contributed by atoms with Gasteiger partial charge in [0.15, 0.2) is 5.78 Å². The minimum Gasteiger partial charge on any atom is -0.394 e. The van der Waals surface area contributed by atoms with Gasteiger partial charge in [-0.05, 0) is 88.3 Å². The molecule has 3 atom stereocenters. The van der Waals surface area contributed by atoms with Crippen molar-refractivity contribution in [2.75, 3.05) is 19.6 Å². The standard InChI is InChI=1S/C17H25N3O3.C9H12.C7H16.C4H10/c1-10(21)7-19-14-4-2-3-12(14)16(18)17(23)20-8-11-5-6-15(22)13(11)9-20;1-7-5-4-6-8(2)9(7)3;1-4-5-6-7(2)3;1-3-4-2/h11,13,15,22H,2-9,18H2,1H3;4-6H,1-3H3;7H,4-6H2,1-3H3;3-4H2,1-2H3/b16-12-,19-14?;;;/t11-,13+,15+;;;/m1.../s1. The average Bonchev–Trinajstić information content (AvgIpc) is 3.71. The molecule has 0 radical (unpaired) electrons. The Morgan fingerprint density at radius 2 is 1.63 bits per heavy atom. The molecule has 1 aromatic carbocycles. The second-order valence-corrected chi connectivity index (χ2v) is 13.0. The Balaban J connectivity index is 0.000000378. The van der Waals surface area contributed by atoms with Crippen molar-refractivity contribution in [3.05, 3.63) is 46.2 Å². The minimum atomic E-state index is -0.286. The Morgan fingerprint density at radius 1 is 1.00 bits per heavy atom. The number of aliphatic hydroxyl groups is 1. The summed E-state index contributed by atoms with van der Waals surface area (Å²) in [6, 6.07) is 6.38. The van der Waals surface area contributed by atoms with Gasteiger partial charge in [0.2, 0.25) is 0 Å². The number of aryl methyl sites for hydroxylation is 2. The number of unbranched alkanes of at least 4 members (excludes halogenated alkanes) is 2. The summed E-state index contributed by atoms with van der Waals surface area (Å²) in [4.78, 5) is 29.9. The summed E-state index contributed by atoms with van der Waals surface area (Å²) < 4.78 is 0. The van der Waals surface area contributed by atoms with E-state index in [-0.39, 0.29) is 36.0 Å². The Kier molecular flexibility index (Phi) is 18.4. The van der Waals surface area contributed by atoms with Gasteiger partial charge in [-0.2, -0.15) is 0 Å². The number of hydrogen-bond acceptors (Lipinski definition) is 5. The number of ketones is 1. The van der Waals surface area contributed by atoms with Gasteiger partial charge in [0.1, 0.15) is 5.70 Å². The topological polar surface area (TPSA) is 96.0 Å². The van der Waals surface area contributed by atoms with Crippen LogP contribution in [0.25, 0.3) is 0 Å². The summed E-state index contributed by atoms with van der Waals surface area (Å²) in [6.07, 6.45) is 10.8. The molecule has 3 aliphatic rings. The minimum absolute atomic E-state index is 0.00926. The largest absolute Gasteiger partial charge is 0.394 e. The number of rotatable bonds is 7. The van der Waals surface area contributed by atoms with Crippen molar-refractivity contribution in [1.82, 2.24) is 4.90 Å². The van der Waals surface area contributed by atoms with Gasteiger partial charge in [0, 0.05) is 30.3 Å². The van der Waals surface area contributed by atoms with Crippen LogP contribution in [0, 0.1) is 38.5 Å². The van der Waals surface area contributed by atoms with Crippen molar-refractivity contribution >= 4 is 17.4 Å². The number of amides is 1. The Bertz CT molecular complexity index is 1040. The van der Waals surface area contributed by atoms with Crippen molar-refractivity contribution in [3.63, 3.8) is 0 Å². The molecule has 4 rings (SSSR count). The van der Waals surface area contributed by atoms with Crippen LogP contribution in [0.15, 0.2) is 34.5 Å². The van der Waals surface area contributed by atoms with E-state index in [4.69, 9.17) is 5.73 Å². The summed E-state index contributed by atoms with van der Waals surface area (Å²) in [6.45, 7) is 20.5. The zero-order valence-corrected chi connectivity index (χ0v) is 29.0. The normalized spacial score (nSPS) is 22.6. The van der Waals surface area contributed by atoms with Crippen LogP contribution in [-0.2, 0) is 9.59 Å². The van der Waals surface area contributed by atoms with Crippen LogP contribution in [0.3, 0.4) is 0 Å². The molecule has 0 bridgehead atoms. The van der Waals surface area contributed by atoms with E-state index in [1.165, 1.54) is 55.7 Å². The number of fused-ring (bicyclic) bond motifs is 1. The van der Waals surface area contributed by atoms with Gasteiger partial charge in [-0.15, -0.1) is 0 Å². The maximum atomic E-state index is 12.7. The van der Waals surface area contributed by atoms with Crippen molar-refractivity contribution in [2.24, 2.45) is 28.5 Å². The molecule has 3 fully saturated rings. The molecule has 1 saturated heterocycles. The molecule has 244 valence electrons. The fourth-order valence-corrected chi connectivity index (χ4v) is 5.61. The lowest BCUT2D eigenvalue weighted by atomic mass is 10.00. The van der Waals surface area contributed by atoms with Crippen molar-refractivity contribution in [2.45, 2.75) is 133 Å². The SMILES string of the molecule is CC(=O)CN=C1CCC/C1=C(/N)C(=O)N1C[C@H]2CC[C@H](O)[C@H]2C1.CCCC.CCCCC(C)C.Cc1cccc(C)c1C. The quantitative estimate of drug-likeness (QED) is 0.312. The summed E-state index contributed by atoms with van der Waals surface area (Å²) in [5.41, 5.74) is 12.2. The zero-order chi connectivity index (χ0) is 32.5. The van der Waals surface area contributed by atoms with Gasteiger partial charge >= 0.3 is 0 Å². The molecule has 1 aromatic rings. The van der Waals surface area contributed by atoms with Gasteiger partial charge in [0.05, 0.1) is 12.6 Å². The predicted molar refractivity (Wildman–Crippen MR) is 182 cm³/mol. The van der Waals surface area contributed by atoms with Gasteiger partial charge < -0.3 is 15.7 Å². The maximum absolute atomic E-state index is 12.7. The van der Waals surface area contributed by atoms with E-state index in [9.17, 15) is 14.7 Å². The molecular formula is C37H63N3O3. The highest BCUT2D eigenvalue weighted by Crippen LogP contribution is 2.38. The Labute approximate surface area is 263 Å². The number of carbonyl (C=O) groups is 2. The second-order valence-electron chi connectivity index (χ2n) is 13.0. The lowest BCUT2D eigenvalue weighted by Crippen LogP contribution is -2.35. The average molecular weight is 598 g/mol. The number of allylic oxidation sites excluding steroid dienone is 1. The number of aliphatic hydroxyl groups excluding tert-OH is 1. The smallest absolute Gasteiger partial charge is 0.270 e. The lowest BCUT2D eigenvalue weighted by Gasteiger charge is -2.19. The number of Topliss-reactive ketones (excluding diaryl/α,β-unsaturated/α-hetero) is 1. The molecule has 2 aliphatic carbocycles. The first-order valence-electron chi connectivity index (χ1n) is 16.9. The van der Waals surface area contributed by atoms with Crippen LogP contribution in [-0.4, -0.2) is 53.1 Å². The van der Waals surface area contributed by atoms with E-state index < -0.39 is 0 Å². The van der Waals surface area contributed by atoms with Crippen molar-refractivity contribution < 1.29 is 14.7 Å². The van der Waals surface area contributed by atoms with E-state index >= 15 is 0 Å². The summed E-state index contributed by atoms with van der Waals surface area (Å²) in [7, 11) is 0. The zero-order valence-electron chi connectivity index (χ0n) is 29.0. The molecule has 0 spiro atoms. The van der Waals surface area contributed by atoms with Crippen LogP contribution in [0.5, 0.6) is 0 Å². The van der Waals surface area contributed by atoms with Gasteiger partial charge in [0.25, 0.3) is 5.91 Å². The maximum Gasteiger partial charge on any atom is 0.270 e. The molecule has 43 heavy (non-hydrogen) atoms. The molecule has 6 nitrogen and oxygen atoms in total. The van der Waals surface area contributed by atoms with Gasteiger partial charge in [-0.1, -0.05) is 84.9 Å². The van der Waals surface area contributed by atoms with E-state index in [1.54, 1.807) is 4.90 Å². The highest BCUT2D eigenvalue weighted by Gasteiger charge is 2.43. The molecular weight excluding hydrogens is 534 g/mol. The first-order chi connectivity index (χ1) is 20.4. The molecule has 1 heterocycles. The van der Waals surface area contributed by atoms with Crippen LogP contribution in [0.2, 0.25) is 0 Å². The number of nitrogens with two attached hydrogens (primary N) is 1. The molecule has 0 unspecified atom stereocenters. The van der Waals surface area contributed by atoms with Crippen LogP contribution < -0.4 is 5.73 Å². The highest BCUT2D eigenvalue weighted by molar-refractivity contribution is 6.09. The molecule has 1 aliphatic heterocycles. The third-order valence-corrected chi connectivity index (χ3v) is 8.85. The Morgan fingerprint density at radius 3 is 2.09 bits per heavy atom. The molecule has 1 amide bonds. The van der Waals surface area contributed by atoms with E-state index in [0.717, 1.165) is 49.3 Å². The third kappa shape index (κ3) is 13.4. The first-order valence-corrected chi connectivity index (χ1v) is 16.9. The third-order valence-electron chi connectivity index (χ3n) is 8.85. The number of carbonyl (C=O) groups excluding carboxylic acids is 2. The van der Waals surface area contributed by atoms with Crippen molar-refractivity contribution in [3.8, 4) is 0 Å². The number of hydrogen-bond donors (Lipinski definition) is 2. The van der Waals surface area contributed by atoms with Crippen molar-refractivity contribution in [1.29, 1.82) is 0 Å². The van der Waals surface area contributed by atoms with Gasteiger partial charge in [-0.25, -0.2) is 0 Å². The number of nitrogens with zero attached hydrogens (tertiary/aromatic N) is 2. The van der Waals surface area contributed by atoms with Crippen LogP contribution >= 0.6 is 0 Å². The molecule has 0 aromatic heterocycles. The highest BCUT2D eigenvalue weighted by atomic mass is 16.3. The van der Waals surface area contributed by atoms with Gasteiger partial charge in [-0.3, -0.25) is 14.6 Å². The number of aliphatic imine (C=N–C) groups is 1. The molecule has 3 N–H and O–H groups in total. The Hall–Kier alpha value is -2.47. The fraction of sp³-hybridized carbons (Fsp3) is 0.703. The number of benzene rings is 1. The summed E-state index contributed by atoms with van der Waals surface area (Å²) >= 11 is 0. The van der Waals surface area contributed by atoms with E-state index in [2.05, 4.69) is 78.6 Å². The lowest BCUT2D eigenvalue weighted by molar-refractivity contribution is -0.126. The van der Waals surface area contributed by atoms with E-state index in [0.29, 0.717) is 19.0 Å². The van der Waals surface area contributed by atoms with E-state index in [1.807, 2.05) is 0 Å². The molecule has 6 heteroatoms. The fourth-order valence-electron chi connectivity index (χ4n) is 5.61. The van der Waals surface area contributed by atoms with Crippen LogP contribution in [0.1, 0.15) is 122 Å². The summed E-state index contributed by atoms with van der Waals surface area (Å²) in [5.74, 6) is 1.38. The predicted octanol–water partition coefficient (Wildman–Crippen LogP) is 7.89. The second kappa shape index (κ2) is 20.5. The number of likely N-dealkylation sites (tertiary alicyclic amines) is 1. The van der Waals surface area contributed by atoms with Crippen LogP contribution in [0.4, 0.5) is 0 Å².